The summed E-state index contributed by atoms with van der Waals surface area (Å²) in [5, 5.41) is 0. The Morgan fingerprint density at radius 3 is 2.38 bits per heavy atom. The molecule has 1 heteroatoms. The van der Waals surface area contributed by atoms with Crippen LogP contribution in [-0.4, -0.2) is 18.5 Å². The molecule has 1 aliphatic heterocycles. The lowest BCUT2D eigenvalue weighted by atomic mass is 9.82. The van der Waals surface area contributed by atoms with Gasteiger partial charge in [-0.25, -0.2) is 0 Å². The predicted molar refractivity (Wildman–Crippen MR) is 91.8 cm³/mol. The molecule has 1 aliphatic rings. The SMILES string of the molecule is CC.CCc1cccc2c1CN(C)CC2c1ccccc1. The third-order valence-corrected chi connectivity index (χ3v) is 4.19. The van der Waals surface area contributed by atoms with Gasteiger partial charge in [-0.2, -0.15) is 0 Å². The molecular weight excluding hydrogens is 254 g/mol. The first-order valence-corrected chi connectivity index (χ1v) is 8.13. The lowest BCUT2D eigenvalue weighted by Crippen LogP contribution is -2.31. The Balaban J connectivity index is 0.000000774. The van der Waals surface area contributed by atoms with Crippen molar-refractivity contribution in [1.29, 1.82) is 0 Å². The summed E-state index contributed by atoms with van der Waals surface area (Å²) in [6, 6.07) is 17.7. The third-order valence-electron chi connectivity index (χ3n) is 4.19. The number of fused-ring (bicyclic) bond motifs is 1. The van der Waals surface area contributed by atoms with Gasteiger partial charge in [0.05, 0.1) is 0 Å². The first-order chi connectivity index (χ1) is 10.3. The van der Waals surface area contributed by atoms with Crippen LogP contribution in [0.4, 0.5) is 0 Å². The topological polar surface area (TPSA) is 3.24 Å². The molecule has 0 amide bonds. The molecule has 0 bridgehead atoms. The highest BCUT2D eigenvalue weighted by Gasteiger charge is 2.25. The quantitative estimate of drug-likeness (QED) is 0.760. The molecule has 2 aromatic carbocycles. The van der Waals surface area contributed by atoms with Crippen LogP contribution in [0.5, 0.6) is 0 Å². The summed E-state index contributed by atoms with van der Waals surface area (Å²) in [5.74, 6) is 0.515. The fourth-order valence-corrected chi connectivity index (χ4v) is 3.22. The second kappa shape index (κ2) is 7.42. The highest BCUT2D eigenvalue weighted by molar-refractivity contribution is 5.44. The fourth-order valence-electron chi connectivity index (χ4n) is 3.22. The third kappa shape index (κ3) is 3.36. The molecule has 0 N–H and O–H groups in total. The van der Waals surface area contributed by atoms with Gasteiger partial charge < -0.3 is 4.90 Å². The van der Waals surface area contributed by atoms with Gasteiger partial charge in [0.2, 0.25) is 0 Å². The molecule has 0 fully saturated rings. The second-order valence-corrected chi connectivity index (χ2v) is 5.50. The molecule has 0 aromatic heterocycles. The van der Waals surface area contributed by atoms with Crippen molar-refractivity contribution < 1.29 is 0 Å². The lowest BCUT2D eigenvalue weighted by molar-refractivity contribution is 0.294. The number of nitrogens with zero attached hydrogens (tertiary/aromatic N) is 1. The monoisotopic (exact) mass is 281 g/mol. The largest absolute Gasteiger partial charge is 0.301 e. The number of likely N-dealkylation sites (N-methyl/N-ethyl adjacent to an activating group) is 1. The Morgan fingerprint density at radius 1 is 1.00 bits per heavy atom. The maximum atomic E-state index is 2.44. The van der Waals surface area contributed by atoms with E-state index < -0.39 is 0 Å². The zero-order valence-electron chi connectivity index (χ0n) is 13.8. The van der Waals surface area contributed by atoms with Gasteiger partial charge >= 0.3 is 0 Å². The maximum Gasteiger partial charge on any atom is 0.0236 e. The minimum Gasteiger partial charge on any atom is -0.301 e. The van der Waals surface area contributed by atoms with Crippen molar-refractivity contribution in [3.63, 3.8) is 0 Å². The molecule has 1 nitrogen and oxygen atoms in total. The van der Waals surface area contributed by atoms with E-state index in [0.29, 0.717) is 5.92 Å². The molecule has 3 rings (SSSR count). The molecule has 0 radical (unpaired) electrons. The van der Waals surface area contributed by atoms with Crippen LogP contribution in [-0.2, 0) is 13.0 Å². The first kappa shape index (κ1) is 15.8. The van der Waals surface area contributed by atoms with Crippen molar-refractivity contribution in [3.8, 4) is 0 Å². The van der Waals surface area contributed by atoms with Gasteiger partial charge in [0.25, 0.3) is 0 Å². The molecule has 0 saturated heterocycles. The highest BCUT2D eigenvalue weighted by atomic mass is 15.1. The Kier molecular flexibility index (Phi) is 5.58. The number of benzene rings is 2. The maximum absolute atomic E-state index is 2.44. The predicted octanol–water partition coefficient (Wildman–Crippen LogP) is 4.85. The zero-order chi connectivity index (χ0) is 15.2. The van der Waals surface area contributed by atoms with E-state index in [1.54, 1.807) is 5.56 Å². The summed E-state index contributed by atoms with van der Waals surface area (Å²) in [4.78, 5) is 2.44. The van der Waals surface area contributed by atoms with Crippen LogP contribution >= 0.6 is 0 Å². The van der Waals surface area contributed by atoms with Gasteiger partial charge in [0.1, 0.15) is 0 Å². The molecule has 21 heavy (non-hydrogen) atoms. The summed E-state index contributed by atoms with van der Waals surface area (Å²) in [7, 11) is 2.23. The Hall–Kier alpha value is -1.60. The van der Waals surface area contributed by atoms with E-state index in [1.165, 1.54) is 16.7 Å². The van der Waals surface area contributed by atoms with E-state index in [2.05, 4.69) is 67.4 Å². The van der Waals surface area contributed by atoms with Crippen molar-refractivity contribution in [2.24, 2.45) is 0 Å². The number of hydrogen-bond donors (Lipinski definition) is 0. The summed E-state index contributed by atoms with van der Waals surface area (Å²) >= 11 is 0. The molecule has 112 valence electrons. The Bertz CT molecular complexity index is 559. The van der Waals surface area contributed by atoms with Crippen molar-refractivity contribution in [3.05, 3.63) is 70.8 Å². The van der Waals surface area contributed by atoms with Gasteiger partial charge in [0, 0.05) is 19.0 Å². The minimum absolute atomic E-state index is 0.515. The van der Waals surface area contributed by atoms with Crippen molar-refractivity contribution in [2.45, 2.75) is 39.7 Å². The van der Waals surface area contributed by atoms with Crippen molar-refractivity contribution in [2.75, 3.05) is 13.6 Å². The van der Waals surface area contributed by atoms with E-state index in [0.717, 1.165) is 19.5 Å². The van der Waals surface area contributed by atoms with Crippen molar-refractivity contribution in [1.82, 2.24) is 4.90 Å². The van der Waals surface area contributed by atoms with Crippen LogP contribution in [0.25, 0.3) is 0 Å². The smallest absolute Gasteiger partial charge is 0.0236 e. The van der Waals surface area contributed by atoms with Gasteiger partial charge in [-0.05, 0) is 35.7 Å². The summed E-state index contributed by atoms with van der Waals surface area (Å²) in [5.41, 5.74) is 6.02. The molecule has 0 saturated carbocycles. The van der Waals surface area contributed by atoms with E-state index in [-0.39, 0.29) is 0 Å². The molecular formula is C20H27N. The van der Waals surface area contributed by atoms with Gasteiger partial charge in [0.15, 0.2) is 0 Å². The van der Waals surface area contributed by atoms with Crippen molar-refractivity contribution >= 4 is 0 Å². The molecule has 0 spiro atoms. The summed E-state index contributed by atoms with van der Waals surface area (Å²) in [6.07, 6.45) is 1.12. The van der Waals surface area contributed by atoms with Crippen LogP contribution in [0.15, 0.2) is 48.5 Å². The number of rotatable bonds is 2. The van der Waals surface area contributed by atoms with Gasteiger partial charge in [-0.3, -0.25) is 0 Å². The van der Waals surface area contributed by atoms with E-state index in [9.17, 15) is 0 Å². The molecule has 0 aliphatic carbocycles. The van der Waals surface area contributed by atoms with Crippen LogP contribution in [0.3, 0.4) is 0 Å². The molecule has 2 aromatic rings. The average Bonchev–Trinajstić information content (AvgIpc) is 2.56. The average molecular weight is 281 g/mol. The van der Waals surface area contributed by atoms with Gasteiger partial charge in [-0.15, -0.1) is 0 Å². The standard InChI is InChI=1S/C18H21N.C2H6/c1-3-14-10-7-11-16-17(14)12-19(2)13-18(16)15-8-5-4-6-9-15;1-2/h4-11,18H,3,12-13H2,1-2H3;1-2H3. The first-order valence-electron chi connectivity index (χ1n) is 8.13. The summed E-state index contributed by atoms with van der Waals surface area (Å²) in [6.45, 7) is 8.45. The zero-order valence-corrected chi connectivity index (χ0v) is 13.8. The molecule has 1 unspecified atom stereocenters. The second-order valence-electron chi connectivity index (χ2n) is 5.50. The Morgan fingerprint density at radius 2 is 1.71 bits per heavy atom. The van der Waals surface area contributed by atoms with Gasteiger partial charge in [-0.1, -0.05) is 69.3 Å². The minimum atomic E-state index is 0.515. The van der Waals surface area contributed by atoms with Crippen LogP contribution in [0.2, 0.25) is 0 Å². The van der Waals surface area contributed by atoms with E-state index in [1.807, 2.05) is 13.8 Å². The van der Waals surface area contributed by atoms with E-state index >= 15 is 0 Å². The number of aryl methyl sites for hydroxylation is 1. The molecule has 1 atom stereocenters. The normalized spacial score (nSPS) is 17.6. The summed E-state index contributed by atoms with van der Waals surface area (Å²) < 4.78 is 0. The van der Waals surface area contributed by atoms with E-state index in [4.69, 9.17) is 0 Å². The van der Waals surface area contributed by atoms with Crippen LogP contribution in [0.1, 0.15) is 48.9 Å². The lowest BCUT2D eigenvalue weighted by Gasteiger charge is -2.34. The fraction of sp³-hybridized carbons (Fsp3) is 0.400. The number of hydrogen-bond acceptors (Lipinski definition) is 1. The Labute approximate surface area is 129 Å². The van der Waals surface area contributed by atoms with Crippen LogP contribution < -0.4 is 0 Å². The highest BCUT2D eigenvalue weighted by Crippen LogP contribution is 2.34. The molecule has 1 heterocycles. The van der Waals surface area contributed by atoms with Crippen LogP contribution in [0, 0.1) is 0 Å².